The standard InChI is InChI=1S/C27H33N3O3/c1-27(2,3)23-11-9-22(10-12-23)18-29(17-21-7-5-4-6-8-21)19-25-28-24(20-33-25)26(31)30-13-15-32-16-14-30/h4-12,20H,13-19H2,1-3H3. The summed E-state index contributed by atoms with van der Waals surface area (Å²) in [6, 6.07) is 19.2. The fourth-order valence-corrected chi connectivity index (χ4v) is 3.98. The molecule has 4 rings (SSSR count). The molecule has 0 unspecified atom stereocenters. The molecule has 0 bridgehead atoms. The summed E-state index contributed by atoms with van der Waals surface area (Å²) in [4.78, 5) is 21.3. The summed E-state index contributed by atoms with van der Waals surface area (Å²) in [6.45, 7) is 11.0. The van der Waals surface area contributed by atoms with Gasteiger partial charge in [0.25, 0.3) is 5.91 Å². The summed E-state index contributed by atoms with van der Waals surface area (Å²) >= 11 is 0. The maximum Gasteiger partial charge on any atom is 0.275 e. The molecule has 2 aromatic carbocycles. The van der Waals surface area contributed by atoms with E-state index in [9.17, 15) is 4.79 Å². The number of amides is 1. The Hall–Kier alpha value is -2.96. The topological polar surface area (TPSA) is 58.8 Å². The van der Waals surface area contributed by atoms with Crippen LogP contribution in [0.3, 0.4) is 0 Å². The van der Waals surface area contributed by atoms with Crippen molar-refractivity contribution in [2.24, 2.45) is 0 Å². The van der Waals surface area contributed by atoms with Gasteiger partial charge in [-0.25, -0.2) is 4.98 Å². The van der Waals surface area contributed by atoms with E-state index in [1.54, 1.807) is 4.90 Å². The number of hydrogen-bond acceptors (Lipinski definition) is 5. The molecule has 1 fully saturated rings. The second kappa shape index (κ2) is 10.3. The number of hydrogen-bond donors (Lipinski definition) is 0. The Balaban J connectivity index is 1.48. The minimum Gasteiger partial charge on any atom is -0.447 e. The predicted octanol–water partition coefficient (Wildman–Crippen LogP) is 4.65. The number of benzene rings is 2. The Morgan fingerprint density at radius 1 is 0.939 bits per heavy atom. The van der Waals surface area contributed by atoms with Gasteiger partial charge in [-0.2, -0.15) is 0 Å². The van der Waals surface area contributed by atoms with E-state index >= 15 is 0 Å². The van der Waals surface area contributed by atoms with Crippen molar-refractivity contribution < 1.29 is 13.9 Å². The smallest absolute Gasteiger partial charge is 0.275 e. The summed E-state index contributed by atoms with van der Waals surface area (Å²) in [7, 11) is 0. The van der Waals surface area contributed by atoms with Crippen LogP contribution >= 0.6 is 0 Å². The lowest BCUT2D eigenvalue weighted by atomic mass is 9.87. The maximum absolute atomic E-state index is 12.7. The first-order valence-electron chi connectivity index (χ1n) is 11.6. The Labute approximate surface area is 196 Å². The van der Waals surface area contributed by atoms with Gasteiger partial charge in [0, 0.05) is 26.2 Å². The normalized spacial score (nSPS) is 14.6. The molecule has 2 heterocycles. The van der Waals surface area contributed by atoms with Crippen LogP contribution in [0.15, 0.2) is 65.3 Å². The zero-order valence-electron chi connectivity index (χ0n) is 19.8. The van der Waals surface area contributed by atoms with Crippen LogP contribution in [-0.4, -0.2) is 47.0 Å². The molecule has 3 aromatic rings. The molecule has 0 radical (unpaired) electrons. The monoisotopic (exact) mass is 447 g/mol. The molecule has 0 spiro atoms. The summed E-state index contributed by atoms with van der Waals surface area (Å²) in [6.07, 6.45) is 1.48. The zero-order chi connectivity index (χ0) is 23.3. The minimum atomic E-state index is -0.0966. The molecule has 0 N–H and O–H groups in total. The van der Waals surface area contributed by atoms with Crippen molar-refractivity contribution in [3.05, 3.63) is 89.1 Å². The van der Waals surface area contributed by atoms with Crippen molar-refractivity contribution in [1.29, 1.82) is 0 Å². The van der Waals surface area contributed by atoms with Crippen molar-refractivity contribution in [2.75, 3.05) is 26.3 Å². The average Bonchev–Trinajstić information content (AvgIpc) is 3.28. The van der Waals surface area contributed by atoms with Crippen molar-refractivity contribution in [3.63, 3.8) is 0 Å². The van der Waals surface area contributed by atoms with Crippen molar-refractivity contribution >= 4 is 5.91 Å². The highest BCUT2D eigenvalue weighted by Crippen LogP contribution is 2.23. The lowest BCUT2D eigenvalue weighted by molar-refractivity contribution is 0.0299. The van der Waals surface area contributed by atoms with E-state index in [-0.39, 0.29) is 11.3 Å². The molecule has 0 atom stereocenters. The number of carbonyl (C=O) groups is 1. The Morgan fingerprint density at radius 3 is 2.21 bits per heavy atom. The first-order chi connectivity index (χ1) is 15.9. The van der Waals surface area contributed by atoms with E-state index < -0.39 is 0 Å². The van der Waals surface area contributed by atoms with Crippen LogP contribution in [0.1, 0.15) is 53.8 Å². The SMILES string of the molecule is CC(C)(C)c1ccc(CN(Cc2ccccc2)Cc2nc(C(=O)N3CCOCC3)co2)cc1. The molecule has 1 aliphatic rings. The molecular formula is C27H33N3O3. The highest BCUT2D eigenvalue weighted by molar-refractivity contribution is 5.92. The van der Waals surface area contributed by atoms with Crippen LogP contribution in [0.5, 0.6) is 0 Å². The Morgan fingerprint density at radius 2 is 1.58 bits per heavy atom. The van der Waals surface area contributed by atoms with Gasteiger partial charge >= 0.3 is 0 Å². The summed E-state index contributed by atoms with van der Waals surface area (Å²) in [5.41, 5.74) is 4.26. The second-order valence-corrected chi connectivity index (χ2v) is 9.61. The molecule has 1 aromatic heterocycles. The number of nitrogens with zero attached hydrogens (tertiary/aromatic N) is 3. The van der Waals surface area contributed by atoms with Gasteiger partial charge in [0.15, 0.2) is 5.69 Å². The van der Waals surface area contributed by atoms with Gasteiger partial charge in [0.05, 0.1) is 19.8 Å². The first-order valence-corrected chi connectivity index (χ1v) is 11.6. The van der Waals surface area contributed by atoms with Crippen LogP contribution < -0.4 is 0 Å². The predicted molar refractivity (Wildman–Crippen MR) is 128 cm³/mol. The van der Waals surface area contributed by atoms with Gasteiger partial charge in [0.1, 0.15) is 6.26 Å². The fraction of sp³-hybridized carbons (Fsp3) is 0.407. The number of oxazole rings is 1. The Bertz CT molecular complexity index is 1030. The molecule has 33 heavy (non-hydrogen) atoms. The summed E-state index contributed by atoms with van der Waals surface area (Å²) in [5.74, 6) is 0.453. The van der Waals surface area contributed by atoms with E-state index in [2.05, 4.69) is 79.2 Å². The molecule has 174 valence electrons. The van der Waals surface area contributed by atoms with Gasteiger partial charge in [-0.3, -0.25) is 9.69 Å². The number of carbonyl (C=O) groups excluding carboxylic acids is 1. The summed E-state index contributed by atoms with van der Waals surface area (Å²) in [5, 5.41) is 0. The first kappa shape index (κ1) is 23.2. The molecule has 1 aliphatic heterocycles. The van der Waals surface area contributed by atoms with E-state index in [0.717, 1.165) is 13.1 Å². The van der Waals surface area contributed by atoms with Crippen LogP contribution in [-0.2, 0) is 29.8 Å². The molecule has 6 heteroatoms. The zero-order valence-corrected chi connectivity index (χ0v) is 19.8. The highest BCUT2D eigenvalue weighted by Gasteiger charge is 2.22. The largest absolute Gasteiger partial charge is 0.447 e. The van der Waals surface area contributed by atoms with E-state index in [0.29, 0.717) is 44.4 Å². The van der Waals surface area contributed by atoms with Crippen LogP contribution in [0.2, 0.25) is 0 Å². The number of aromatic nitrogens is 1. The van der Waals surface area contributed by atoms with Gasteiger partial charge in [0.2, 0.25) is 5.89 Å². The van der Waals surface area contributed by atoms with Crippen LogP contribution in [0.25, 0.3) is 0 Å². The Kier molecular flexibility index (Phi) is 7.26. The molecule has 1 saturated heterocycles. The van der Waals surface area contributed by atoms with E-state index in [1.807, 2.05) is 6.07 Å². The third-order valence-electron chi connectivity index (χ3n) is 5.90. The lowest BCUT2D eigenvalue weighted by Gasteiger charge is -2.25. The number of rotatable bonds is 7. The van der Waals surface area contributed by atoms with Gasteiger partial charge < -0.3 is 14.1 Å². The van der Waals surface area contributed by atoms with Crippen LogP contribution in [0, 0.1) is 0 Å². The van der Waals surface area contributed by atoms with Gasteiger partial charge in [-0.05, 0) is 22.1 Å². The number of ether oxygens (including phenoxy) is 1. The molecule has 6 nitrogen and oxygen atoms in total. The van der Waals surface area contributed by atoms with Crippen molar-refractivity contribution in [3.8, 4) is 0 Å². The van der Waals surface area contributed by atoms with Crippen molar-refractivity contribution in [2.45, 2.75) is 45.8 Å². The lowest BCUT2D eigenvalue weighted by Crippen LogP contribution is -2.40. The molecule has 0 saturated carbocycles. The van der Waals surface area contributed by atoms with E-state index in [4.69, 9.17) is 9.15 Å². The fourth-order valence-electron chi connectivity index (χ4n) is 3.98. The summed E-state index contributed by atoms with van der Waals surface area (Å²) < 4.78 is 11.1. The molecular weight excluding hydrogens is 414 g/mol. The van der Waals surface area contributed by atoms with Gasteiger partial charge in [-0.15, -0.1) is 0 Å². The average molecular weight is 448 g/mol. The third-order valence-corrected chi connectivity index (χ3v) is 5.90. The van der Waals surface area contributed by atoms with E-state index in [1.165, 1.54) is 23.0 Å². The van der Waals surface area contributed by atoms with Crippen LogP contribution in [0.4, 0.5) is 0 Å². The van der Waals surface area contributed by atoms with Gasteiger partial charge in [-0.1, -0.05) is 75.4 Å². The minimum absolute atomic E-state index is 0.0966. The quantitative estimate of drug-likeness (QED) is 0.528. The third kappa shape index (κ3) is 6.30. The number of morpholine rings is 1. The van der Waals surface area contributed by atoms with Crippen molar-refractivity contribution in [1.82, 2.24) is 14.8 Å². The maximum atomic E-state index is 12.7. The molecule has 0 aliphatic carbocycles. The second-order valence-electron chi connectivity index (χ2n) is 9.61. The molecule has 1 amide bonds. The highest BCUT2D eigenvalue weighted by atomic mass is 16.5.